The topological polar surface area (TPSA) is 78.8 Å². The second-order valence-electron chi connectivity index (χ2n) is 6.72. The molecule has 128 valence electrons. The van der Waals surface area contributed by atoms with Gasteiger partial charge in [-0.25, -0.2) is 9.78 Å². The number of hydrogen-bond donors (Lipinski definition) is 2. The van der Waals surface area contributed by atoms with Gasteiger partial charge in [0, 0.05) is 44.1 Å². The van der Waals surface area contributed by atoms with Crippen LogP contribution in [0, 0.1) is 0 Å². The minimum atomic E-state index is 0.0259. The van der Waals surface area contributed by atoms with E-state index in [9.17, 15) is 4.79 Å². The first kappa shape index (κ1) is 15.2. The van der Waals surface area contributed by atoms with Gasteiger partial charge in [0.2, 0.25) is 0 Å². The Kier molecular flexibility index (Phi) is 4.23. The highest BCUT2D eigenvalue weighted by molar-refractivity contribution is 5.74. The van der Waals surface area contributed by atoms with Gasteiger partial charge in [-0.05, 0) is 38.2 Å². The van der Waals surface area contributed by atoms with Gasteiger partial charge in [-0.3, -0.25) is 5.10 Å². The van der Waals surface area contributed by atoms with E-state index in [1.165, 1.54) is 0 Å². The number of urea groups is 1. The van der Waals surface area contributed by atoms with Gasteiger partial charge in [0.15, 0.2) is 0 Å². The van der Waals surface area contributed by atoms with E-state index in [1.807, 2.05) is 23.4 Å². The molecule has 0 aromatic carbocycles. The number of piperidine rings is 1. The normalized spacial score (nSPS) is 23.8. The Morgan fingerprint density at radius 1 is 1.25 bits per heavy atom. The Morgan fingerprint density at radius 2 is 2.21 bits per heavy atom. The Bertz CT molecular complexity index is 679. The number of aromatic amines is 1. The lowest BCUT2D eigenvalue weighted by Crippen LogP contribution is -2.46. The van der Waals surface area contributed by atoms with Crippen molar-refractivity contribution in [3.05, 3.63) is 36.2 Å². The van der Waals surface area contributed by atoms with Crippen molar-refractivity contribution in [2.75, 3.05) is 13.1 Å². The molecule has 2 aromatic heterocycles. The Hall–Kier alpha value is -2.31. The maximum Gasteiger partial charge on any atom is 0.317 e. The Labute approximate surface area is 141 Å². The second-order valence-corrected chi connectivity index (χ2v) is 6.72. The van der Waals surface area contributed by atoms with Crippen LogP contribution in [0.2, 0.25) is 0 Å². The van der Waals surface area contributed by atoms with Crippen LogP contribution < -0.4 is 5.32 Å². The number of nitrogens with zero attached hydrogens (tertiary/aromatic N) is 4. The van der Waals surface area contributed by atoms with Crippen LogP contribution in [0.5, 0.6) is 0 Å². The molecule has 2 atom stereocenters. The number of carbonyl (C=O) groups excluding carboxylic acids is 1. The van der Waals surface area contributed by atoms with Gasteiger partial charge in [0.25, 0.3) is 0 Å². The van der Waals surface area contributed by atoms with E-state index in [1.54, 1.807) is 6.20 Å². The fourth-order valence-corrected chi connectivity index (χ4v) is 3.96. The average molecular weight is 328 g/mol. The average Bonchev–Trinajstić information content (AvgIpc) is 3.31. The number of nitrogens with one attached hydrogen (secondary N) is 2. The highest BCUT2D eigenvalue weighted by atomic mass is 16.2. The standard InChI is InChI=1S/C17H24N6O/c24-17(19-12-13-4-3-9-22-11-8-18-16(13)22)23-10-2-1-5-15(23)14-6-7-20-21-14/h6-8,11,13,15H,1-5,9-10,12H2,(H,19,24)(H,20,21). The molecular weight excluding hydrogens is 304 g/mol. The molecule has 4 heterocycles. The van der Waals surface area contributed by atoms with E-state index in [4.69, 9.17) is 0 Å². The van der Waals surface area contributed by atoms with Crippen molar-refractivity contribution in [2.24, 2.45) is 0 Å². The summed E-state index contributed by atoms with van der Waals surface area (Å²) in [6, 6.07) is 2.10. The zero-order valence-electron chi connectivity index (χ0n) is 13.8. The van der Waals surface area contributed by atoms with Gasteiger partial charge in [-0.2, -0.15) is 5.10 Å². The number of fused-ring (bicyclic) bond motifs is 1. The monoisotopic (exact) mass is 328 g/mol. The zero-order valence-corrected chi connectivity index (χ0v) is 13.8. The molecule has 2 amide bonds. The fraction of sp³-hybridized carbons (Fsp3) is 0.588. The van der Waals surface area contributed by atoms with E-state index in [0.29, 0.717) is 12.5 Å². The number of aryl methyl sites for hydroxylation is 1. The first-order valence-electron chi connectivity index (χ1n) is 8.87. The van der Waals surface area contributed by atoms with Gasteiger partial charge < -0.3 is 14.8 Å². The van der Waals surface area contributed by atoms with Crippen LogP contribution in [-0.2, 0) is 6.54 Å². The van der Waals surface area contributed by atoms with Crippen molar-refractivity contribution in [1.82, 2.24) is 30.0 Å². The number of carbonyl (C=O) groups is 1. The fourth-order valence-electron chi connectivity index (χ4n) is 3.96. The molecule has 0 aliphatic carbocycles. The lowest BCUT2D eigenvalue weighted by Gasteiger charge is -2.35. The minimum Gasteiger partial charge on any atom is -0.337 e. The third-order valence-electron chi connectivity index (χ3n) is 5.21. The molecule has 2 N–H and O–H groups in total. The molecule has 24 heavy (non-hydrogen) atoms. The van der Waals surface area contributed by atoms with E-state index < -0.39 is 0 Å². The van der Waals surface area contributed by atoms with E-state index >= 15 is 0 Å². The summed E-state index contributed by atoms with van der Waals surface area (Å²) in [5, 5.41) is 10.2. The number of amides is 2. The smallest absolute Gasteiger partial charge is 0.317 e. The maximum absolute atomic E-state index is 12.7. The molecule has 2 aromatic rings. The van der Waals surface area contributed by atoms with Crippen LogP contribution in [0.3, 0.4) is 0 Å². The molecule has 7 nitrogen and oxygen atoms in total. The van der Waals surface area contributed by atoms with Crippen molar-refractivity contribution in [2.45, 2.75) is 50.6 Å². The third kappa shape index (κ3) is 2.90. The lowest BCUT2D eigenvalue weighted by atomic mass is 9.98. The SMILES string of the molecule is O=C(NCC1CCCn2ccnc21)N1CCCCC1c1ccn[nH]1. The van der Waals surface area contributed by atoms with E-state index in [-0.39, 0.29) is 12.1 Å². The molecule has 4 rings (SSSR count). The Balaban J connectivity index is 1.41. The van der Waals surface area contributed by atoms with Crippen molar-refractivity contribution in [3.63, 3.8) is 0 Å². The number of H-pyrrole nitrogens is 1. The number of aromatic nitrogens is 4. The van der Waals surface area contributed by atoms with Crippen molar-refractivity contribution in [3.8, 4) is 0 Å². The predicted molar refractivity (Wildman–Crippen MR) is 89.5 cm³/mol. The second kappa shape index (κ2) is 6.67. The summed E-state index contributed by atoms with van der Waals surface area (Å²) >= 11 is 0. The van der Waals surface area contributed by atoms with Gasteiger partial charge in [0.05, 0.1) is 11.7 Å². The summed E-state index contributed by atoms with van der Waals surface area (Å²) < 4.78 is 2.20. The van der Waals surface area contributed by atoms with Crippen LogP contribution in [0.25, 0.3) is 0 Å². The molecule has 0 bridgehead atoms. The summed E-state index contributed by atoms with van der Waals surface area (Å²) in [5.41, 5.74) is 1.03. The van der Waals surface area contributed by atoms with Crippen molar-refractivity contribution in [1.29, 1.82) is 0 Å². The van der Waals surface area contributed by atoms with Crippen LogP contribution in [0.1, 0.15) is 55.6 Å². The van der Waals surface area contributed by atoms with Gasteiger partial charge in [0.1, 0.15) is 5.82 Å². The molecular formula is C17H24N6O. The van der Waals surface area contributed by atoms with E-state index in [2.05, 4.69) is 25.1 Å². The molecule has 2 aliphatic rings. The third-order valence-corrected chi connectivity index (χ3v) is 5.21. The molecule has 1 fully saturated rings. The molecule has 0 saturated carbocycles. The first-order valence-corrected chi connectivity index (χ1v) is 8.87. The molecule has 0 radical (unpaired) electrons. The molecule has 2 unspecified atom stereocenters. The van der Waals surface area contributed by atoms with E-state index in [0.717, 1.165) is 56.7 Å². The Morgan fingerprint density at radius 3 is 3.08 bits per heavy atom. The van der Waals surface area contributed by atoms with Gasteiger partial charge in [-0.1, -0.05) is 0 Å². The molecule has 2 aliphatic heterocycles. The molecule has 1 saturated heterocycles. The summed E-state index contributed by atoms with van der Waals surface area (Å²) in [6.45, 7) is 2.49. The van der Waals surface area contributed by atoms with Crippen LogP contribution >= 0.6 is 0 Å². The van der Waals surface area contributed by atoms with Gasteiger partial charge >= 0.3 is 6.03 Å². The van der Waals surface area contributed by atoms with Crippen LogP contribution in [-0.4, -0.2) is 43.8 Å². The lowest BCUT2D eigenvalue weighted by molar-refractivity contribution is 0.148. The predicted octanol–water partition coefficient (Wildman–Crippen LogP) is 2.42. The number of imidazole rings is 1. The number of likely N-dealkylation sites (tertiary alicyclic amines) is 1. The summed E-state index contributed by atoms with van der Waals surface area (Å²) in [5.74, 6) is 1.42. The van der Waals surface area contributed by atoms with Crippen molar-refractivity contribution >= 4 is 6.03 Å². The minimum absolute atomic E-state index is 0.0259. The highest BCUT2D eigenvalue weighted by Gasteiger charge is 2.30. The summed E-state index contributed by atoms with van der Waals surface area (Å²) in [7, 11) is 0. The van der Waals surface area contributed by atoms with Crippen LogP contribution in [0.15, 0.2) is 24.7 Å². The van der Waals surface area contributed by atoms with Gasteiger partial charge in [-0.15, -0.1) is 0 Å². The maximum atomic E-state index is 12.7. The van der Waals surface area contributed by atoms with Crippen LogP contribution in [0.4, 0.5) is 4.79 Å². The number of hydrogen-bond acceptors (Lipinski definition) is 3. The number of rotatable bonds is 3. The molecule has 7 heteroatoms. The molecule has 0 spiro atoms. The zero-order chi connectivity index (χ0) is 16.4. The summed E-state index contributed by atoms with van der Waals surface area (Å²) in [6.07, 6.45) is 11.1. The van der Waals surface area contributed by atoms with Crippen molar-refractivity contribution < 1.29 is 4.79 Å². The summed E-state index contributed by atoms with van der Waals surface area (Å²) in [4.78, 5) is 19.2. The highest BCUT2D eigenvalue weighted by Crippen LogP contribution is 2.30. The largest absolute Gasteiger partial charge is 0.337 e. The first-order chi connectivity index (χ1) is 11.8. The quantitative estimate of drug-likeness (QED) is 0.908.